The van der Waals surface area contributed by atoms with Gasteiger partial charge in [-0.2, -0.15) is 13.2 Å². The third kappa shape index (κ3) is 5.59. The molecule has 4 nitrogen and oxygen atoms in total. The van der Waals surface area contributed by atoms with Gasteiger partial charge in [0.05, 0.1) is 0 Å². The van der Waals surface area contributed by atoms with E-state index in [4.69, 9.17) is 0 Å². The van der Waals surface area contributed by atoms with E-state index in [9.17, 15) is 22.8 Å². The van der Waals surface area contributed by atoms with Crippen LogP contribution < -0.4 is 5.32 Å². The summed E-state index contributed by atoms with van der Waals surface area (Å²) in [6.45, 7) is 3.74. The van der Waals surface area contributed by atoms with Gasteiger partial charge in [-0.25, -0.2) is 0 Å². The monoisotopic (exact) mass is 314 g/mol. The second-order valence-corrected chi connectivity index (χ2v) is 4.55. The van der Waals surface area contributed by atoms with Gasteiger partial charge in [-0.1, -0.05) is 18.7 Å². The molecule has 0 radical (unpaired) electrons. The predicted molar refractivity (Wildman–Crippen MR) is 76.1 cm³/mol. The lowest BCUT2D eigenvalue weighted by Crippen LogP contribution is -2.38. The molecule has 1 aromatic rings. The topological polar surface area (TPSA) is 49.4 Å². The summed E-state index contributed by atoms with van der Waals surface area (Å²) in [5.41, 5.74) is 0.899. The van der Waals surface area contributed by atoms with Crippen molar-refractivity contribution in [3.63, 3.8) is 0 Å². The minimum atomic E-state index is -4.43. The van der Waals surface area contributed by atoms with Gasteiger partial charge >= 0.3 is 6.18 Å². The van der Waals surface area contributed by atoms with Gasteiger partial charge in [0.2, 0.25) is 5.91 Å². The number of alkyl halides is 3. The Morgan fingerprint density at radius 1 is 1.27 bits per heavy atom. The Hall–Kier alpha value is -2.31. The molecular weight excluding hydrogens is 297 g/mol. The Labute approximate surface area is 126 Å². The van der Waals surface area contributed by atoms with Crippen LogP contribution in [0.4, 0.5) is 13.2 Å². The van der Waals surface area contributed by atoms with Gasteiger partial charge in [0.1, 0.15) is 6.54 Å². The van der Waals surface area contributed by atoms with Crippen LogP contribution in [0.15, 0.2) is 36.9 Å². The number of halogens is 3. The number of benzene rings is 1. The minimum Gasteiger partial charge on any atom is -0.348 e. The molecule has 7 heteroatoms. The lowest BCUT2D eigenvalue weighted by Gasteiger charge is -2.22. The van der Waals surface area contributed by atoms with Crippen molar-refractivity contribution in [1.82, 2.24) is 10.2 Å². The van der Waals surface area contributed by atoms with Crippen LogP contribution in [-0.4, -0.2) is 36.0 Å². The zero-order valence-electron chi connectivity index (χ0n) is 12.1. The summed E-state index contributed by atoms with van der Waals surface area (Å²) in [4.78, 5) is 23.8. The highest BCUT2D eigenvalue weighted by molar-refractivity contribution is 5.94. The third-order valence-corrected chi connectivity index (χ3v) is 2.89. The lowest BCUT2D eigenvalue weighted by atomic mass is 10.1. The molecule has 0 aliphatic rings. The van der Waals surface area contributed by atoms with E-state index in [1.165, 1.54) is 19.1 Å². The van der Waals surface area contributed by atoms with Crippen LogP contribution >= 0.6 is 0 Å². The number of nitrogens with one attached hydrogen (secondary N) is 1. The van der Waals surface area contributed by atoms with E-state index < -0.39 is 18.6 Å². The highest BCUT2D eigenvalue weighted by Crippen LogP contribution is 2.18. The van der Waals surface area contributed by atoms with Gasteiger partial charge < -0.3 is 10.2 Å². The number of hydrogen-bond acceptors (Lipinski definition) is 2. The van der Waals surface area contributed by atoms with Crippen LogP contribution in [0.3, 0.4) is 0 Å². The lowest BCUT2D eigenvalue weighted by molar-refractivity contribution is -0.140. The smallest absolute Gasteiger partial charge is 0.348 e. The number of rotatable bonds is 6. The molecule has 0 aromatic heterocycles. The molecule has 1 N–H and O–H groups in total. The summed E-state index contributed by atoms with van der Waals surface area (Å²) in [5, 5.41) is 2.56. The van der Waals surface area contributed by atoms with Gasteiger partial charge in [0.25, 0.3) is 5.91 Å². The van der Waals surface area contributed by atoms with Gasteiger partial charge in [-0.3, -0.25) is 9.59 Å². The molecule has 0 fully saturated rings. The van der Waals surface area contributed by atoms with Gasteiger partial charge in [0, 0.05) is 18.7 Å². The number of amides is 2. The Morgan fingerprint density at radius 2 is 1.86 bits per heavy atom. The summed E-state index contributed by atoms with van der Waals surface area (Å²) in [5.74, 6) is -1.01. The molecule has 0 saturated carbocycles. The Kier molecular flexibility index (Phi) is 6.15. The fourth-order valence-corrected chi connectivity index (χ4v) is 1.75. The van der Waals surface area contributed by atoms with Crippen molar-refractivity contribution < 1.29 is 22.8 Å². The molecular formula is C15H17F3N2O2. The van der Waals surface area contributed by atoms with Crippen molar-refractivity contribution >= 4 is 11.8 Å². The van der Waals surface area contributed by atoms with Crippen molar-refractivity contribution in [2.24, 2.45) is 0 Å². The minimum absolute atomic E-state index is 0.0323. The molecule has 120 valence electrons. The molecule has 0 aliphatic carbocycles. The maximum absolute atomic E-state index is 12.4. The average molecular weight is 314 g/mol. The quantitative estimate of drug-likeness (QED) is 0.820. The maximum atomic E-state index is 12.4. The molecule has 0 unspecified atom stereocenters. The second-order valence-electron chi connectivity index (χ2n) is 4.55. The first-order valence-electron chi connectivity index (χ1n) is 6.62. The van der Waals surface area contributed by atoms with Crippen LogP contribution in [0.25, 0.3) is 0 Å². The average Bonchev–Trinajstić information content (AvgIpc) is 2.49. The van der Waals surface area contributed by atoms with Crippen molar-refractivity contribution in [1.29, 1.82) is 0 Å². The van der Waals surface area contributed by atoms with Crippen LogP contribution in [0.2, 0.25) is 0 Å². The summed E-state index contributed by atoms with van der Waals surface area (Å²) < 4.78 is 37.2. The van der Waals surface area contributed by atoms with E-state index in [2.05, 4.69) is 11.9 Å². The summed E-state index contributed by atoms with van der Waals surface area (Å²) >= 11 is 0. The van der Waals surface area contributed by atoms with Gasteiger partial charge in [0.15, 0.2) is 0 Å². The standard InChI is InChI=1S/C15H17F3N2O2/c1-3-13(21)19-9-11-5-7-12(8-6-11)14(22)20(4-2)10-15(16,17)18/h3,5-8H,1,4,9-10H2,2H3,(H,19,21). The van der Waals surface area contributed by atoms with E-state index in [1.54, 1.807) is 12.1 Å². The van der Waals surface area contributed by atoms with E-state index in [1.807, 2.05) is 0 Å². The number of carbonyl (C=O) groups is 2. The van der Waals surface area contributed by atoms with Crippen LogP contribution in [0, 0.1) is 0 Å². The van der Waals surface area contributed by atoms with Crippen LogP contribution in [0.5, 0.6) is 0 Å². The fourth-order valence-electron chi connectivity index (χ4n) is 1.75. The van der Waals surface area contributed by atoms with E-state index in [0.717, 1.165) is 16.5 Å². The largest absolute Gasteiger partial charge is 0.406 e. The third-order valence-electron chi connectivity index (χ3n) is 2.89. The number of nitrogens with zero attached hydrogens (tertiary/aromatic N) is 1. The summed E-state index contributed by atoms with van der Waals surface area (Å²) in [6, 6.07) is 6.05. The fraction of sp³-hybridized carbons (Fsp3) is 0.333. The van der Waals surface area contributed by atoms with E-state index in [0.29, 0.717) is 0 Å². The van der Waals surface area contributed by atoms with Crippen LogP contribution in [0.1, 0.15) is 22.8 Å². The zero-order valence-corrected chi connectivity index (χ0v) is 12.1. The van der Waals surface area contributed by atoms with Crippen LogP contribution in [-0.2, 0) is 11.3 Å². The Morgan fingerprint density at radius 3 is 2.32 bits per heavy atom. The van der Waals surface area contributed by atoms with Crippen molar-refractivity contribution in [2.45, 2.75) is 19.6 Å². The summed E-state index contributed by atoms with van der Waals surface area (Å²) in [7, 11) is 0. The van der Waals surface area contributed by atoms with Crippen molar-refractivity contribution in [2.75, 3.05) is 13.1 Å². The van der Waals surface area contributed by atoms with Crippen molar-refractivity contribution in [3.05, 3.63) is 48.0 Å². The van der Waals surface area contributed by atoms with E-state index in [-0.39, 0.29) is 24.6 Å². The van der Waals surface area contributed by atoms with E-state index >= 15 is 0 Å². The molecule has 2 amide bonds. The molecule has 0 heterocycles. The molecule has 0 saturated heterocycles. The molecule has 0 bridgehead atoms. The highest BCUT2D eigenvalue weighted by Gasteiger charge is 2.32. The number of carbonyl (C=O) groups excluding carboxylic acids is 2. The molecule has 0 spiro atoms. The van der Waals surface area contributed by atoms with Crippen molar-refractivity contribution in [3.8, 4) is 0 Å². The SMILES string of the molecule is C=CC(=O)NCc1ccc(C(=O)N(CC)CC(F)(F)F)cc1. The maximum Gasteiger partial charge on any atom is 0.406 e. The second kappa shape index (κ2) is 7.63. The molecule has 0 aliphatic heterocycles. The molecule has 1 aromatic carbocycles. The first-order valence-corrected chi connectivity index (χ1v) is 6.62. The molecule has 22 heavy (non-hydrogen) atoms. The van der Waals surface area contributed by atoms with Gasteiger partial charge in [-0.15, -0.1) is 0 Å². The highest BCUT2D eigenvalue weighted by atomic mass is 19.4. The predicted octanol–water partition coefficient (Wildman–Crippen LogP) is 2.51. The number of hydrogen-bond donors (Lipinski definition) is 1. The van der Waals surface area contributed by atoms with Gasteiger partial charge in [-0.05, 0) is 30.7 Å². The molecule has 1 rings (SSSR count). The molecule has 0 atom stereocenters. The first-order chi connectivity index (χ1) is 10.3. The Balaban J connectivity index is 2.74. The zero-order chi connectivity index (χ0) is 16.8. The Bertz CT molecular complexity index is 539. The first kappa shape index (κ1) is 17.7. The summed E-state index contributed by atoms with van der Waals surface area (Å²) in [6.07, 6.45) is -3.30. The normalized spacial score (nSPS) is 10.9.